The van der Waals surface area contributed by atoms with E-state index in [1.807, 2.05) is 239 Å². The number of nitrogen functional groups attached to an aromatic ring is 1. The number of carbonyl (C=O) groups is 7. The Morgan fingerprint density at radius 3 is 1.28 bits per heavy atom. The summed E-state index contributed by atoms with van der Waals surface area (Å²) in [7, 11) is 4.20. The molecule has 6 heterocycles. The Kier molecular flexibility index (Phi) is 49.2. The molecule has 0 aliphatic rings. The van der Waals surface area contributed by atoms with Gasteiger partial charge in [0, 0.05) is 80.7 Å². The van der Waals surface area contributed by atoms with Crippen molar-refractivity contribution >= 4 is 96.3 Å². The van der Waals surface area contributed by atoms with Crippen molar-refractivity contribution in [2.45, 2.75) is 149 Å². The number of allylic oxidation sites excluding steroid dienone is 3. The second-order valence-electron chi connectivity index (χ2n) is 29.4. The van der Waals surface area contributed by atoms with Gasteiger partial charge in [0.05, 0.1) is 72.0 Å². The van der Waals surface area contributed by atoms with Gasteiger partial charge in [0.2, 0.25) is 28.0 Å². The molecule has 0 fully saturated rings. The summed E-state index contributed by atoms with van der Waals surface area (Å²) in [6.45, 7) is 10.1. The number of imidazole rings is 3. The van der Waals surface area contributed by atoms with Crippen molar-refractivity contribution in [2.75, 3.05) is 37.7 Å². The molecule has 0 unspecified atom stereocenters. The number of amides is 3. The van der Waals surface area contributed by atoms with Crippen molar-refractivity contribution in [1.29, 1.82) is 0 Å². The number of halogens is 1. The fourth-order valence-corrected chi connectivity index (χ4v) is 14.3. The second-order valence-corrected chi connectivity index (χ2v) is 32.1. The molecule has 35 heteroatoms. The number of methoxy groups -OCH3 is 3. The van der Waals surface area contributed by atoms with Crippen LogP contribution in [-0.2, 0) is 137 Å². The molecule has 0 spiro atoms. The van der Waals surface area contributed by atoms with Crippen LogP contribution in [-0.4, -0.2) is 138 Å². The third kappa shape index (κ3) is 42.6. The van der Waals surface area contributed by atoms with Gasteiger partial charge in [-0.15, -0.1) is 25.5 Å². The summed E-state index contributed by atoms with van der Waals surface area (Å²) in [5.41, 5.74) is 31.2. The first-order chi connectivity index (χ1) is 61.8. The number of aryl methyl sites for hydroxylation is 7. The molecule has 7 aromatic carbocycles. The number of aromatic nitrogens is 12. The molecular formula is C96H112BrLiN18O13S2. The van der Waals surface area contributed by atoms with E-state index in [2.05, 4.69) is 101 Å². The number of nitrogens with zero attached hydrogens (tertiary/aromatic N) is 12. The number of benzene rings is 7. The Morgan fingerprint density at radius 1 is 0.435 bits per heavy atom. The van der Waals surface area contributed by atoms with Crippen LogP contribution in [0.4, 0.5) is 16.1 Å². The van der Waals surface area contributed by atoms with Gasteiger partial charge in [-0.25, -0.2) is 15.0 Å². The van der Waals surface area contributed by atoms with E-state index in [0.29, 0.717) is 54.0 Å². The SMILES string of the molecule is COC(=O)Cc1cccc(C)c1.COC(=O)Cc1cccc(CBr)c1.COC(=O)Cc1cccc(Cn2ccnc2C)c1.Cc1nccn1Cc1cccc(CC(=O)Nc2nnc(CCCCc3ccc(NC(=O)Cc4ccccc4)nn3)s2)c1.Cc1nccn1Cc1cccc(CC(=O)O)c1.N/C(=C\C=C(/N)NC(=O)Cc1ccccc1)CCCCc1nnc(N)s1.O.[Li+].[OH-]. The van der Waals surface area contributed by atoms with Crippen molar-refractivity contribution in [2.24, 2.45) is 11.5 Å². The summed E-state index contributed by atoms with van der Waals surface area (Å²) < 4.78 is 20.0. The summed E-state index contributed by atoms with van der Waals surface area (Å²) in [4.78, 5) is 93.0. The Bertz CT molecular complexity index is 5730. The molecule has 0 saturated carbocycles. The molecule has 0 saturated heterocycles. The quantitative estimate of drug-likeness (QED) is 0.00484. The van der Waals surface area contributed by atoms with Crippen LogP contribution in [0.15, 0.2) is 255 Å². The first-order valence-corrected chi connectivity index (χ1v) is 44.0. The fourth-order valence-electron chi connectivity index (χ4n) is 12.5. The Morgan fingerprint density at radius 2 is 0.840 bits per heavy atom. The van der Waals surface area contributed by atoms with Gasteiger partial charge in [-0.3, -0.25) is 33.6 Å². The van der Waals surface area contributed by atoms with E-state index in [9.17, 15) is 33.6 Å². The van der Waals surface area contributed by atoms with E-state index in [4.69, 9.17) is 22.3 Å². The zero-order valence-electron chi connectivity index (χ0n) is 74.8. The Labute approximate surface area is 791 Å². The molecule has 131 heavy (non-hydrogen) atoms. The maximum atomic E-state index is 12.6. The predicted molar refractivity (Wildman–Crippen MR) is 506 cm³/mol. The molecule has 3 amide bonds. The number of carboxylic acid groups (broad SMARTS) is 1. The van der Waals surface area contributed by atoms with Crippen molar-refractivity contribution in [3.05, 3.63) is 355 Å². The molecule has 6 aromatic heterocycles. The summed E-state index contributed by atoms with van der Waals surface area (Å²) >= 11 is 6.17. The monoisotopic (exact) mass is 1870 g/mol. The number of nitrogens with two attached hydrogens (primary N) is 3. The number of nitrogens with one attached hydrogen (secondary N) is 3. The molecule has 684 valence electrons. The minimum absolute atomic E-state index is 0. The smallest absolute Gasteiger partial charge is 0.870 e. The summed E-state index contributed by atoms with van der Waals surface area (Å²) in [5, 5.41) is 45.2. The predicted octanol–water partition coefficient (Wildman–Crippen LogP) is 10.5. The average Bonchev–Trinajstić information content (AvgIpc) is 1.70. The Balaban J connectivity index is 0.000000295. The number of aliphatic carboxylic acids is 1. The number of hydrogen-bond donors (Lipinski definition) is 7. The van der Waals surface area contributed by atoms with Crippen LogP contribution < -0.4 is 52.0 Å². The number of ether oxygens (including phenoxy) is 3. The third-order valence-corrected chi connectivity index (χ3v) is 21.4. The molecule has 0 radical (unpaired) electrons. The molecule has 0 aliphatic carbocycles. The van der Waals surface area contributed by atoms with E-state index >= 15 is 0 Å². The maximum absolute atomic E-state index is 12.6. The first-order valence-electron chi connectivity index (χ1n) is 41.2. The fraction of sp³-hybridized carbons (Fsp3) is 0.271. The molecule has 0 aliphatic heterocycles. The number of esters is 3. The van der Waals surface area contributed by atoms with E-state index in [1.54, 1.807) is 36.8 Å². The number of unbranched alkanes of at least 4 members (excludes halogenated alkanes) is 2. The standard InChI is InChI=1S/C31H32N8O2S.C18H24N6OS.C14H16N2O2.C13H14N2O2.C10H11BrO2.C10H12O2.Li.2H2O/c1-22-32-16-17-39(22)21-25-11-7-10-24(18-25)20-29(41)34-31-38-37-30(42-31)13-6-5-12-26-14-15-27(36-35-26)33-28(40)19-23-8-3-2-4-9-23;19-14(8-4-5-9-17-23-24-18(21)26-17)10-11-15(20)22-16(25)12-13-6-2-1-3-7-13;1-11-15-6-7-16(11)10-13-5-3-4-12(8-13)9-14(17)18-2;1-10-14-5-6-15(10)9-12-4-2-3-11(7-12)8-13(16)17;1-13-10(12)6-8-3-2-4-9(5-8)7-11;1-8-4-3-5-9(6-8)7-10(11)12-2;;;/h2-4,7-11,14-18H,5-6,12-13,19-21H2,1H3,(H,33,36,40)(H,34,38,41);1-3,6-7,10-11H,4-5,8-9,12,19-20H2,(H2,21,24)(H,22,25);3-8H,9-10H2,1-2H3;2-7H,8-9H2,1H3,(H,16,17);2-5H,6-7H2,1H3;3-6H,7H2,1-2H3;;2*1H2/q;;;;;;+1;;/p-1/b;14-10-,15-11+;;;;;;;. The van der Waals surface area contributed by atoms with Gasteiger partial charge >= 0.3 is 42.7 Å². The molecule has 0 bridgehead atoms. The number of rotatable bonds is 35. The van der Waals surface area contributed by atoms with Crippen LogP contribution in [0.25, 0.3) is 0 Å². The number of carboxylic acids is 1. The minimum Gasteiger partial charge on any atom is -0.870 e. The van der Waals surface area contributed by atoms with Crippen molar-refractivity contribution in [3.8, 4) is 0 Å². The van der Waals surface area contributed by atoms with Crippen molar-refractivity contribution in [1.82, 2.24) is 64.6 Å². The van der Waals surface area contributed by atoms with Crippen molar-refractivity contribution < 1.29 is 82.7 Å². The molecule has 13 rings (SSSR count). The number of carbonyl (C=O) groups excluding carboxylic acids is 6. The maximum Gasteiger partial charge on any atom is 1.00 e. The topological polar surface area (TPSA) is 474 Å². The summed E-state index contributed by atoms with van der Waals surface area (Å²) in [6.07, 6.45) is 23.2. The van der Waals surface area contributed by atoms with E-state index in [0.717, 1.165) is 164 Å². The van der Waals surface area contributed by atoms with Crippen LogP contribution in [0.3, 0.4) is 0 Å². The van der Waals surface area contributed by atoms with Gasteiger partial charge in [-0.1, -0.05) is 226 Å². The number of hydrogen-bond acceptors (Lipinski definition) is 25. The third-order valence-electron chi connectivity index (χ3n) is 19.0. The second kappa shape index (κ2) is 59.6. The Hall–Kier alpha value is -13.5. The minimum atomic E-state index is -0.805. The van der Waals surface area contributed by atoms with Gasteiger partial charge in [0.1, 0.15) is 33.3 Å². The van der Waals surface area contributed by atoms with Gasteiger partial charge < -0.3 is 77.1 Å². The van der Waals surface area contributed by atoms with Crippen LogP contribution in [0.5, 0.6) is 0 Å². The van der Waals surface area contributed by atoms with E-state index in [1.165, 1.54) is 49.6 Å². The normalized spacial score (nSPS) is 10.5. The summed E-state index contributed by atoms with van der Waals surface area (Å²) in [5.74, 6) is 1.79. The van der Waals surface area contributed by atoms with Crippen molar-refractivity contribution in [3.63, 3.8) is 0 Å². The molecule has 0 atom stereocenters. The largest absolute Gasteiger partial charge is 1.00 e. The zero-order valence-corrected chi connectivity index (χ0v) is 78.0. The molecular weight excluding hydrogens is 1760 g/mol. The van der Waals surface area contributed by atoms with Gasteiger partial charge in [-0.2, -0.15) is 5.10 Å². The zero-order chi connectivity index (χ0) is 91.8. The van der Waals surface area contributed by atoms with Gasteiger partial charge in [0.25, 0.3) is 0 Å². The van der Waals surface area contributed by atoms with E-state index < -0.39 is 5.97 Å². The number of anilines is 3. The molecule has 13 N–H and O–H groups in total. The average molecular weight is 1880 g/mol. The molecule has 13 aromatic rings. The van der Waals surface area contributed by atoms with Crippen LogP contribution >= 0.6 is 38.6 Å². The van der Waals surface area contributed by atoms with E-state index in [-0.39, 0.29) is 90.5 Å². The molecule has 31 nitrogen and oxygen atoms in total. The van der Waals surface area contributed by atoms with Crippen LogP contribution in [0.1, 0.15) is 132 Å². The summed E-state index contributed by atoms with van der Waals surface area (Å²) in [6, 6.07) is 62.0. The van der Waals surface area contributed by atoms with Crippen LogP contribution in [0.2, 0.25) is 0 Å². The van der Waals surface area contributed by atoms with Crippen LogP contribution in [0, 0.1) is 27.7 Å². The number of alkyl halides is 1. The van der Waals surface area contributed by atoms with Gasteiger partial charge in [-0.05, 0) is 152 Å². The van der Waals surface area contributed by atoms with Gasteiger partial charge in [0.15, 0.2) is 5.82 Å². The first kappa shape index (κ1) is 108.